The van der Waals surface area contributed by atoms with Crippen LogP contribution in [0, 0.1) is 0 Å². The van der Waals surface area contributed by atoms with Crippen molar-refractivity contribution < 1.29 is 44.7 Å². The molecule has 0 saturated carbocycles. The quantitative estimate of drug-likeness (QED) is 0.302. The van der Waals surface area contributed by atoms with Crippen LogP contribution < -0.4 is 5.48 Å². The van der Waals surface area contributed by atoms with Gasteiger partial charge >= 0.3 is 41.3 Å². The molecule has 0 aromatic carbocycles. The summed E-state index contributed by atoms with van der Waals surface area (Å²) < 4.78 is 90.9. The van der Waals surface area contributed by atoms with Crippen molar-refractivity contribution >= 4 is 14.2 Å². The predicted molar refractivity (Wildman–Crippen MR) is 22.2 cm³/mol. The number of hydrogen-bond acceptors (Lipinski definition) is 1. The van der Waals surface area contributed by atoms with Crippen LogP contribution in [0.2, 0.25) is 0 Å². The largest absolute Gasteiger partial charge is 0.588 e. The zero-order valence-electron chi connectivity index (χ0n) is 5.37. The maximum absolute atomic E-state index is 11.1. The van der Waals surface area contributed by atoms with Gasteiger partial charge < -0.3 is 0 Å². The van der Waals surface area contributed by atoms with E-state index in [2.05, 4.69) is 0 Å². The zero-order valence-corrected chi connectivity index (χ0v) is 7.25. The summed E-state index contributed by atoms with van der Waals surface area (Å²) in [5.74, 6) is 0. The molecule has 0 aromatic heterocycles. The topological polar surface area (TPSA) is 36.8 Å². The molecule has 0 aliphatic carbocycles. The van der Waals surface area contributed by atoms with Crippen LogP contribution in [0.15, 0.2) is 0 Å². The van der Waals surface area contributed by atoms with Gasteiger partial charge in [0.1, 0.15) is 0 Å². The van der Waals surface area contributed by atoms with Gasteiger partial charge in [0.25, 0.3) is 0 Å². The van der Waals surface area contributed by atoms with Gasteiger partial charge in [0.2, 0.25) is 0 Å². The zero-order chi connectivity index (χ0) is 11.6. The molecule has 0 aliphatic rings. The number of hydrogen-bond donors (Lipinski definition) is 2. The molecule has 12 heteroatoms. The monoisotopic (exact) mass is 291 g/mol. The second kappa shape index (κ2) is 2.92. The molecular weight excluding hydrogens is 288 g/mol. The average molecular weight is 291 g/mol. The Kier molecular flexibility index (Phi) is 3.44. The van der Waals surface area contributed by atoms with Crippen LogP contribution in [0.25, 0.3) is 0 Å². The third-order valence-electron chi connectivity index (χ3n) is 0.146. The summed E-state index contributed by atoms with van der Waals surface area (Å²) >= 11 is -11.1. The maximum Gasteiger partial charge on any atom is 0.588 e. The van der Waals surface area contributed by atoms with Crippen molar-refractivity contribution in [2.75, 3.05) is 0 Å². The van der Waals surface area contributed by atoms with Crippen molar-refractivity contribution in [1.82, 2.24) is 0 Å². The fourth-order valence-electron chi connectivity index (χ4n) is 0. The van der Waals surface area contributed by atoms with Crippen molar-refractivity contribution in [2.45, 2.75) is 6.30 Å². The Bertz CT molecular complexity index is 148. The summed E-state index contributed by atoms with van der Waals surface area (Å²) in [6.07, 6.45) is -4.53. The molecule has 13 heavy (non-hydrogen) atoms. The summed E-state index contributed by atoms with van der Waals surface area (Å²) in [6.45, 7) is 0. The Morgan fingerprint density at radius 1 is 0.846 bits per heavy atom. The molecule has 2 nitrogen and oxygen atoms in total. The van der Waals surface area contributed by atoms with Crippen molar-refractivity contribution in [3.63, 3.8) is 0 Å². The second-order valence-electron chi connectivity index (χ2n) is 1.63. The van der Waals surface area contributed by atoms with Gasteiger partial charge in [-0.15, -0.1) is 18.7 Å². The molecule has 86 valence electrons. The Balaban J connectivity index is 0. The van der Waals surface area contributed by atoms with Gasteiger partial charge in [-0.05, 0) is 0 Å². The summed E-state index contributed by atoms with van der Waals surface area (Å²) in [5, 5.41) is 7.15. The van der Waals surface area contributed by atoms with Crippen LogP contribution >= 0.6 is 0 Å². The number of alkyl halides is 3. The third-order valence-corrected chi connectivity index (χ3v) is 0.146. The van der Waals surface area contributed by atoms with Crippen molar-refractivity contribution in [3.05, 3.63) is 0 Å². The standard InChI is InChI=1S/CH2F3NO.AsF6/c2-1(3,4)5-6;2-1(3,4,5,6)7/h5-6H;/q;-1/p+1. The van der Waals surface area contributed by atoms with Gasteiger partial charge in [-0.25, -0.2) is 5.21 Å². The van der Waals surface area contributed by atoms with Crippen molar-refractivity contribution in [2.24, 2.45) is 0 Å². The van der Waals surface area contributed by atoms with E-state index in [9.17, 15) is 34.0 Å². The minimum absolute atomic E-state index is 0.812. The molecule has 0 atom stereocenters. The molecule has 0 bridgehead atoms. The molecule has 0 rings (SSSR count). The molecule has 0 aromatic rings. The van der Waals surface area contributed by atoms with Crippen LogP contribution in [0.1, 0.15) is 0 Å². The smallest absolute Gasteiger partial charge is 0.213 e. The molecule has 0 aliphatic heterocycles. The minimum atomic E-state index is -11.1. The summed E-state index contributed by atoms with van der Waals surface area (Å²) in [6, 6.07) is 0. The van der Waals surface area contributed by atoms with Crippen molar-refractivity contribution in [3.8, 4) is 0 Å². The number of nitrogens with two attached hydrogens (primary N) is 1. The first kappa shape index (κ1) is 15.3. The molecule has 0 spiro atoms. The summed E-state index contributed by atoms with van der Waals surface area (Å²) in [7, 11) is 0. The van der Waals surface area contributed by atoms with E-state index in [1.165, 1.54) is 0 Å². The first-order valence-electron chi connectivity index (χ1n) is 2.13. The van der Waals surface area contributed by atoms with Gasteiger partial charge in [0.05, 0.1) is 0 Å². The van der Waals surface area contributed by atoms with E-state index in [1.54, 1.807) is 0 Å². The van der Waals surface area contributed by atoms with E-state index in [4.69, 9.17) is 5.21 Å². The summed E-state index contributed by atoms with van der Waals surface area (Å²) in [4.78, 5) is 0. The number of hydroxylamine groups is 1. The second-order valence-corrected chi connectivity index (χ2v) is 5.65. The van der Waals surface area contributed by atoms with E-state index in [-0.39, 0.29) is 0 Å². The number of quaternary nitrogens is 1. The van der Waals surface area contributed by atoms with Crippen LogP contribution in [0.5, 0.6) is 0 Å². The van der Waals surface area contributed by atoms with Gasteiger partial charge in [-0.1, -0.05) is 0 Å². The number of rotatable bonds is 0. The maximum atomic E-state index is 10.5. The van der Waals surface area contributed by atoms with E-state index in [1.807, 2.05) is 0 Å². The van der Waals surface area contributed by atoms with E-state index in [0.29, 0.717) is 0 Å². The Morgan fingerprint density at radius 3 is 0.923 bits per heavy atom. The molecule has 0 saturated heterocycles. The van der Waals surface area contributed by atoms with E-state index >= 15 is 0 Å². The Morgan fingerprint density at radius 2 is 0.923 bits per heavy atom. The summed E-state index contributed by atoms with van der Waals surface area (Å²) in [5.41, 5.74) is -0.812. The van der Waals surface area contributed by atoms with Crippen LogP contribution in [-0.4, -0.2) is 25.7 Å². The fraction of sp³-hybridized carbons (Fsp3) is 1.00. The molecule has 0 amide bonds. The molecule has 0 heterocycles. The normalized spacial score (nSPS) is 18.0. The third kappa shape index (κ3) is 142. The molecule has 0 fully saturated rings. The number of halogens is 9. The first-order valence-corrected chi connectivity index (χ1v) is 6.38. The Hall–Kier alpha value is -0.152. The van der Waals surface area contributed by atoms with Crippen LogP contribution in [0.4, 0.5) is 34.0 Å². The van der Waals surface area contributed by atoms with Gasteiger partial charge in [0, 0.05) is 0 Å². The van der Waals surface area contributed by atoms with E-state index in [0.717, 1.165) is 0 Å². The van der Waals surface area contributed by atoms with Crippen molar-refractivity contribution in [1.29, 1.82) is 0 Å². The van der Waals surface area contributed by atoms with Crippen LogP contribution in [0.3, 0.4) is 0 Å². The molecule has 3 N–H and O–H groups in total. The molecular formula is CH3AsF9NO. The molecule has 0 radical (unpaired) electrons. The van der Waals surface area contributed by atoms with Gasteiger partial charge in [0.15, 0.2) is 0 Å². The fourth-order valence-corrected chi connectivity index (χ4v) is 0. The first-order chi connectivity index (χ1) is 5.01. The Labute approximate surface area is 66.1 Å². The van der Waals surface area contributed by atoms with Gasteiger partial charge in [-0.2, -0.15) is 0 Å². The minimum Gasteiger partial charge on any atom is -0.213 e. The SMILES string of the molecule is F[As-](F)(F)(F)(F)F.O[NH2+]C(F)(F)F. The predicted octanol–water partition coefficient (Wildman–Crippen LogP) is 1.60. The van der Waals surface area contributed by atoms with Gasteiger partial charge in [-0.3, -0.25) is 0 Å². The van der Waals surface area contributed by atoms with Crippen LogP contribution in [-0.2, 0) is 0 Å². The average Bonchev–Trinajstić information content (AvgIpc) is 1.54. The van der Waals surface area contributed by atoms with E-state index < -0.39 is 26.0 Å². The molecule has 0 unspecified atom stereocenters.